The molecule has 0 saturated carbocycles. The van der Waals surface area contributed by atoms with Gasteiger partial charge in [-0.15, -0.1) is 0 Å². The molecule has 0 unspecified atom stereocenters. The summed E-state index contributed by atoms with van der Waals surface area (Å²) in [4.78, 5) is 23.9. The lowest BCUT2D eigenvalue weighted by Gasteiger charge is -2.09. The minimum atomic E-state index is -0.540. The number of hydrogen-bond acceptors (Lipinski definition) is 6. The largest absolute Gasteiger partial charge is 0.495 e. The number of methoxy groups -OCH3 is 2. The van der Waals surface area contributed by atoms with Gasteiger partial charge in [0.05, 0.1) is 32.7 Å². The predicted molar refractivity (Wildman–Crippen MR) is 106 cm³/mol. The van der Waals surface area contributed by atoms with Crippen LogP contribution >= 0.6 is 0 Å². The normalized spacial score (nSPS) is 10.4. The summed E-state index contributed by atoms with van der Waals surface area (Å²) in [5, 5.41) is 6.49. The summed E-state index contributed by atoms with van der Waals surface area (Å²) in [6, 6.07) is 12.2. The van der Waals surface area contributed by atoms with Crippen molar-refractivity contribution < 1.29 is 23.8 Å². The van der Waals surface area contributed by atoms with E-state index in [0.29, 0.717) is 35.1 Å². The van der Waals surface area contributed by atoms with Gasteiger partial charge in [-0.3, -0.25) is 9.59 Å². The first kappa shape index (κ1) is 20.8. The first-order chi connectivity index (χ1) is 13.6. The molecule has 0 atom stereocenters. The zero-order chi connectivity index (χ0) is 20.4. The zero-order valence-corrected chi connectivity index (χ0v) is 16.0. The first-order valence-corrected chi connectivity index (χ1v) is 8.63. The van der Waals surface area contributed by atoms with E-state index < -0.39 is 11.8 Å². The highest BCUT2D eigenvalue weighted by Gasteiger charge is 2.11. The molecule has 2 N–H and O–H groups in total. The molecule has 8 nitrogen and oxygen atoms in total. The second kappa shape index (κ2) is 10.6. The van der Waals surface area contributed by atoms with E-state index in [1.165, 1.54) is 13.3 Å². The summed E-state index contributed by atoms with van der Waals surface area (Å²) in [6.07, 6.45) is 1.08. The summed E-state index contributed by atoms with van der Waals surface area (Å²) in [7, 11) is 3.04. The van der Waals surface area contributed by atoms with Crippen molar-refractivity contribution in [3.05, 3.63) is 48.0 Å². The van der Waals surface area contributed by atoms with Crippen LogP contribution in [0.5, 0.6) is 17.2 Å². The molecule has 0 aliphatic carbocycles. The van der Waals surface area contributed by atoms with Crippen LogP contribution in [0.2, 0.25) is 0 Å². The Bertz CT molecular complexity index is 851. The second-order valence-corrected chi connectivity index (χ2v) is 5.56. The number of rotatable bonds is 9. The summed E-state index contributed by atoms with van der Waals surface area (Å²) in [6.45, 7) is 2.41. The van der Waals surface area contributed by atoms with Gasteiger partial charge in [0.15, 0.2) is 11.5 Å². The monoisotopic (exact) mass is 385 g/mol. The van der Waals surface area contributed by atoms with Gasteiger partial charge >= 0.3 is 0 Å². The Morgan fingerprint density at radius 3 is 2.46 bits per heavy atom. The molecular weight excluding hydrogens is 362 g/mol. The van der Waals surface area contributed by atoms with Crippen molar-refractivity contribution in [2.45, 2.75) is 13.3 Å². The molecule has 0 aromatic heterocycles. The number of para-hydroxylation sites is 2. The van der Waals surface area contributed by atoms with Gasteiger partial charge in [-0.05, 0) is 42.8 Å². The van der Waals surface area contributed by atoms with E-state index in [4.69, 9.17) is 14.2 Å². The van der Waals surface area contributed by atoms with Crippen LogP contribution in [0.15, 0.2) is 47.6 Å². The Morgan fingerprint density at radius 1 is 1.00 bits per heavy atom. The summed E-state index contributed by atoms with van der Waals surface area (Å²) in [5.41, 5.74) is 3.52. The Kier molecular flexibility index (Phi) is 7.83. The number of amides is 2. The number of hydrogen-bond donors (Lipinski definition) is 2. The van der Waals surface area contributed by atoms with Gasteiger partial charge in [0, 0.05) is 0 Å². The fourth-order valence-corrected chi connectivity index (χ4v) is 2.35. The van der Waals surface area contributed by atoms with E-state index in [1.807, 2.05) is 6.92 Å². The van der Waals surface area contributed by atoms with Crippen LogP contribution in [-0.2, 0) is 9.59 Å². The van der Waals surface area contributed by atoms with E-state index in [1.54, 1.807) is 49.6 Å². The molecule has 0 bridgehead atoms. The number of carbonyl (C=O) groups is 2. The van der Waals surface area contributed by atoms with Gasteiger partial charge in [0.2, 0.25) is 11.8 Å². The second-order valence-electron chi connectivity index (χ2n) is 5.56. The van der Waals surface area contributed by atoms with Gasteiger partial charge in [-0.2, -0.15) is 5.10 Å². The van der Waals surface area contributed by atoms with Crippen molar-refractivity contribution in [3.63, 3.8) is 0 Å². The third-order valence-corrected chi connectivity index (χ3v) is 3.59. The number of ether oxygens (including phenoxy) is 3. The lowest BCUT2D eigenvalue weighted by Crippen LogP contribution is -2.24. The number of nitrogens with zero attached hydrogens (tertiary/aromatic N) is 1. The highest BCUT2D eigenvalue weighted by molar-refractivity contribution is 6.04. The van der Waals surface area contributed by atoms with Crippen molar-refractivity contribution in [2.75, 3.05) is 26.1 Å². The molecule has 0 heterocycles. The standard InChI is InChI=1S/C20H23N3O5/c1-4-28-17-10-9-14(11-18(17)27-3)13-21-23-20(25)12-19(24)22-15-7-5-6-8-16(15)26-2/h5-11,13H,4,12H2,1-3H3,(H,22,24)(H,23,25). The van der Waals surface area contributed by atoms with Gasteiger partial charge < -0.3 is 19.5 Å². The van der Waals surface area contributed by atoms with E-state index in [0.717, 1.165) is 0 Å². The average Bonchev–Trinajstić information content (AvgIpc) is 2.69. The smallest absolute Gasteiger partial charge is 0.249 e. The van der Waals surface area contributed by atoms with Crippen LogP contribution in [0.25, 0.3) is 0 Å². The topological polar surface area (TPSA) is 98.2 Å². The van der Waals surface area contributed by atoms with Crippen molar-refractivity contribution in [2.24, 2.45) is 5.10 Å². The predicted octanol–water partition coefficient (Wildman–Crippen LogP) is 2.58. The molecule has 0 saturated heterocycles. The third kappa shape index (κ3) is 6.01. The molecule has 8 heteroatoms. The van der Waals surface area contributed by atoms with Crippen molar-refractivity contribution in [3.8, 4) is 17.2 Å². The fourth-order valence-electron chi connectivity index (χ4n) is 2.35. The Morgan fingerprint density at radius 2 is 1.75 bits per heavy atom. The van der Waals surface area contributed by atoms with Crippen molar-refractivity contribution >= 4 is 23.7 Å². The van der Waals surface area contributed by atoms with Crippen LogP contribution in [0.3, 0.4) is 0 Å². The highest BCUT2D eigenvalue weighted by atomic mass is 16.5. The van der Waals surface area contributed by atoms with Crippen molar-refractivity contribution in [1.29, 1.82) is 0 Å². The molecule has 2 rings (SSSR count). The van der Waals surface area contributed by atoms with Crippen molar-refractivity contribution in [1.82, 2.24) is 5.43 Å². The molecule has 148 valence electrons. The minimum absolute atomic E-state index is 0.373. The van der Waals surface area contributed by atoms with Crippen LogP contribution in [0.1, 0.15) is 18.9 Å². The minimum Gasteiger partial charge on any atom is -0.495 e. The SMILES string of the molecule is CCOc1ccc(C=NNC(=O)CC(=O)Nc2ccccc2OC)cc1OC. The molecule has 0 radical (unpaired) electrons. The van der Waals surface area contributed by atoms with Crippen LogP contribution < -0.4 is 25.0 Å². The molecule has 0 aliphatic rings. The summed E-state index contributed by atoms with van der Waals surface area (Å²) in [5.74, 6) is 0.688. The average molecular weight is 385 g/mol. The zero-order valence-electron chi connectivity index (χ0n) is 16.0. The Labute approximate surface area is 163 Å². The first-order valence-electron chi connectivity index (χ1n) is 8.63. The lowest BCUT2D eigenvalue weighted by atomic mass is 10.2. The number of carbonyl (C=O) groups excluding carboxylic acids is 2. The van der Waals surface area contributed by atoms with E-state index in [9.17, 15) is 9.59 Å². The summed E-state index contributed by atoms with van der Waals surface area (Å²) < 4.78 is 15.8. The number of nitrogens with one attached hydrogen (secondary N) is 2. The molecule has 2 amide bonds. The maximum Gasteiger partial charge on any atom is 0.249 e. The number of benzene rings is 2. The van der Waals surface area contributed by atoms with Gasteiger partial charge in [-0.25, -0.2) is 5.43 Å². The van der Waals surface area contributed by atoms with Crippen LogP contribution in [0, 0.1) is 0 Å². The lowest BCUT2D eigenvalue weighted by molar-refractivity contribution is -0.126. The van der Waals surface area contributed by atoms with Crippen LogP contribution in [0.4, 0.5) is 5.69 Å². The molecule has 0 aliphatic heterocycles. The maximum atomic E-state index is 12.0. The highest BCUT2D eigenvalue weighted by Crippen LogP contribution is 2.27. The van der Waals surface area contributed by atoms with Gasteiger partial charge in [0.1, 0.15) is 12.2 Å². The Hall–Kier alpha value is -3.55. The molecule has 0 spiro atoms. The number of anilines is 1. The quantitative estimate of drug-likeness (QED) is 0.393. The molecule has 0 fully saturated rings. The van der Waals surface area contributed by atoms with Crippen LogP contribution in [-0.4, -0.2) is 38.9 Å². The molecule has 28 heavy (non-hydrogen) atoms. The molecule has 2 aromatic carbocycles. The van der Waals surface area contributed by atoms with Gasteiger partial charge in [0.25, 0.3) is 0 Å². The fraction of sp³-hybridized carbons (Fsp3) is 0.250. The van der Waals surface area contributed by atoms with E-state index in [-0.39, 0.29) is 6.42 Å². The Balaban J connectivity index is 1.88. The third-order valence-electron chi connectivity index (χ3n) is 3.59. The van der Waals surface area contributed by atoms with E-state index >= 15 is 0 Å². The summed E-state index contributed by atoms with van der Waals surface area (Å²) >= 11 is 0. The number of hydrazone groups is 1. The van der Waals surface area contributed by atoms with Gasteiger partial charge in [-0.1, -0.05) is 12.1 Å². The van der Waals surface area contributed by atoms with E-state index in [2.05, 4.69) is 15.8 Å². The maximum absolute atomic E-state index is 12.0. The molecule has 2 aromatic rings. The molecular formula is C20H23N3O5.